The number of ether oxygens (including phenoxy) is 1. The number of nitrogens with zero attached hydrogens (tertiary/aromatic N) is 2. The molecule has 0 aliphatic rings. The van der Waals surface area contributed by atoms with Crippen molar-refractivity contribution in [1.82, 2.24) is 9.97 Å². The molecule has 0 aliphatic carbocycles. The lowest BCUT2D eigenvalue weighted by molar-refractivity contribution is 0.303. The molecule has 3 N–H and O–H groups in total. The van der Waals surface area contributed by atoms with Gasteiger partial charge in [0.1, 0.15) is 30.3 Å². The van der Waals surface area contributed by atoms with E-state index in [2.05, 4.69) is 25.9 Å². The largest absolute Gasteiger partial charge is 0.507 e. The number of hydrogen-bond acceptors (Lipinski definition) is 5. The Morgan fingerprint density at radius 3 is 2.71 bits per heavy atom. The smallest absolute Gasteiger partial charge is 0.139 e. The number of phenols is 1. The Kier molecular flexibility index (Phi) is 3.62. The number of benzene rings is 2. The standard InChI is InChI=1S/C15H12BrN3O2/c16-13-11(21-7-9-4-2-1-3-5-9)6-10(20)12-14(13)18-8-19-15(12)17/h1-6,8,20H,7H2,(H2,17,18,19). The van der Waals surface area contributed by atoms with E-state index in [-0.39, 0.29) is 11.6 Å². The molecular weight excluding hydrogens is 334 g/mol. The van der Waals surface area contributed by atoms with Crippen LogP contribution < -0.4 is 10.5 Å². The third kappa shape index (κ3) is 2.62. The maximum atomic E-state index is 10.1. The fraction of sp³-hybridized carbons (Fsp3) is 0.0667. The zero-order chi connectivity index (χ0) is 14.8. The predicted molar refractivity (Wildman–Crippen MR) is 84.1 cm³/mol. The molecule has 0 saturated carbocycles. The highest BCUT2D eigenvalue weighted by Gasteiger charge is 2.15. The molecule has 3 aromatic rings. The first-order valence-corrected chi connectivity index (χ1v) is 7.04. The topological polar surface area (TPSA) is 81.3 Å². The Bertz CT molecular complexity index is 794. The Morgan fingerprint density at radius 1 is 1.19 bits per heavy atom. The summed E-state index contributed by atoms with van der Waals surface area (Å²) >= 11 is 3.44. The summed E-state index contributed by atoms with van der Waals surface area (Å²) in [6, 6.07) is 11.3. The second kappa shape index (κ2) is 5.57. The molecule has 0 atom stereocenters. The van der Waals surface area contributed by atoms with E-state index >= 15 is 0 Å². The lowest BCUT2D eigenvalue weighted by Crippen LogP contribution is -1.98. The van der Waals surface area contributed by atoms with Crippen LogP contribution >= 0.6 is 15.9 Å². The molecule has 0 radical (unpaired) electrons. The van der Waals surface area contributed by atoms with Crippen LogP contribution in [-0.4, -0.2) is 15.1 Å². The van der Waals surface area contributed by atoms with Crippen LogP contribution in [0.15, 0.2) is 47.2 Å². The van der Waals surface area contributed by atoms with Gasteiger partial charge in [-0.3, -0.25) is 0 Å². The Hall–Kier alpha value is -2.34. The number of nitrogen functional groups attached to an aromatic ring is 1. The number of anilines is 1. The molecule has 6 heteroatoms. The predicted octanol–water partition coefficient (Wildman–Crippen LogP) is 3.26. The number of hydrogen-bond donors (Lipinski definition) is 2. The Labute approximate surface area is 129 Å². The minimum absolute atomic E-state index is 0.00522. The van der Waals surface area contributed by atoms with Crippen molar-refractivity contribution in [2.24, 2.45) is 0 Å². The average Bonchev–Trinajstić information content (AvgIpc) is 2.50. The lowest BCUT2D eigenvalue weighted by Gasteiger charge is -2.12. The van der Waals surface area contributed by atoms with Gasteiger partial charge in [-0.15, -0.1) is 0 Å². The SMILES string of the molecule is Nc1ncnc2c(Br)c(OCc3ccccc3)cc(O)c12. The molecule has 0 saturated heterocycles. The number of phenolic OH excluding ortho intramolecular Hbond substituents is 1. The minimum atomic E-state index is -0.00522. The molecule has 21 heavy (non-hydrogen) atoms. The van der Waals surface area contributed by atoms with Crippen LogP contribution in [0.25, 0.3) is 10.9 Å². The van der Waals surface area contributed by atoms with Crippen LogP contribution in [0.5, 0.6) is 11.5 Å². The van der Waals surface area contributed by atoms with Crippen LogP contribution in [0.1, 0.15) is 5.56 Å². The van der Waals surface area contributed by atoms with E-state index in [1.54, 1.807) is 0 Å². The molecule has 0 fully saturated rings. The van der Waals surface area contributed by atoms with Gasteiger partial charge in [0.15, 0.2) is 0 Å². The van der Waals surface area contributed by atoms with Crippen molar-refractivity contribution in [3.63, 3.8) is 0 Å². The molecule has 0 spiro atoms. The van der Waals surface area contributed by atoms with Crippen molar-refractivity contribution < 1.29 is 9.84 Å². The van der Waals surface area contributed by atoms with Gasteiger partial charge in [-0.05, 0) is 21.5 Å². The molecule has 5 nitrogen and oxygen atoms in total. The molecular formula is C15H12BrN3O2. The third-order valence-corrected chi connectivity index (χ3v) is 3.83. The van der Waals surface area contributed by atoms with Crippen molar-refractivity contribution in [2.75, 3.05) is 5.73 Å². The van der Waals surface area contributed by atoms with Gasteiger partial charge in [0.05, 0.1) is 15.4 Å². The van der Waals surface area contributed by atoms with Crippen LogP contribution in [-0.2, 0) is 6.61 Å². The van der Waals surface area contributed by atoms with E-state index in [4.69, 9.17) is 10.5 Å². The fourth-order valence-corrected chi connectivity index (χ4v) is 2.56. The first kappa shape index (κ1) is 13.6. The molecule has 1 heterocycles. The summed E-state index contributed by atoms with van der Waals surface area (Å²) in [5.41, 5.74) is 7.32. The van der Waals surface area contributed by atoms with Crippen molar-refractivity contribution in [3.05, 3.63) is 52.8 Å². The number of aromatic hydroxyl groups is 1. The number of aromatic nitrogens is 2. The molecule has 2 aromatic carbocycles. The maximum Gasteiger partial charge on any atom is 0.139 e. The number of halogens is 1. The highest BCUT2D eigenvalue weighted by molar-refractivity contribution is 9.10. The van der Waals surface area contributed by atoms with E-state index in [0.717, 1.165) is 5.56 Å². The molecule has 0 amide bonds. The van der Waals surface area contributed by atoms with Crippen molar-refractivity contribution in [1.29, 1.82) is 0 Å². The molecule has 0 bridgehead atoms. The summed E-state index contributed by atoms with van der Waals surface area (Å²) in [6.45, 7) is 0.394. The van der Waals surface area contributed by atoms with E-state index in [0.29, 0.717) is 27.7 Å². The summed E-state index contributed by atoms with van der Waals surface area (Å²) in [5.74, 6) is 0.726. The van der Waals surface area contributed by atoms with Crippen LogP contribution in [0.4, 0.5) is 5.82 Å². The van der Waals surface area contributed by atoms with Gasteiger partial charge < -0.3 is 15.6 Å². The number of fused-ring (bicyclic) bond motifs is 1. The zero-order valence-electron chi connectivity index (χ0n) is 11.0. The summed E-state index contributed by atoms with van der Waals surface area (Å²) in [5, 5.41) is 10.5. The summed E-state index contributed by atoms with van der Waals surface area (Å²) < 4.78 is 6.38. The van der Waals surface area contributed by atoms with Crippen LogP contribution in [0, 0.1) is 0 Å². The van der Waals surface area contributed by atoms with Gasteiger partial charge in [-0.25, -0.2) is 9.97 Å². The Morgan fingerprint density at radius 2 is 1.95 bits per heavy atom. The third-order valence-electron chi connectivity index (χ3n) is 3.06. The van der Waals surface area contributed by atoms with Gasteiger partial charge in [0.25, 0.3) is 0 Å². The number of rotatable bonds is 3. The van der Waals surface area contributed by atoms with Crippen LogP contribution in [0.2, 0.25) is 0 Å². The summed E-state index contributed by atoms with van der Waals surface area (Å²) in [4.78, 5) is 8.02. The molecule has 3 rings (SSSR count). The molecule has 106 valence electrons. The second-order valence-corrected chi connectivity index (χ2v) is 5.26. The Balaban J connectivity index is 1.98. The summed E-state index contributed by atoms with van der Waals surface area (Å²) in [7, 11) is 0. The first-order valence-electron chi connectivity index (χ1n) is 6.25. The van der Waals surface area contributed by atoms with Crippen molar-refractivity contribution in [3.8, 4) is 11.5 Å². The maximum absolute atomic E-state index is 10.1. The minimum Gasteiger partial charge on any atom is -0.507 e. The van der Waals surface area contributed by atoms with Gasteiger partial charge in [0, 0.05) is 6.07 Å². The molecule has 0 unspecified atom stereocenters. The van der Waals surface area contributed by atoms with Gasteiger partial charge in [-0.1, -0.05) is 30.3 Å². The number of nitrogens with two attached hydrogens (primary N) is 1. The normalized spacial score (nSPS) is 10.7. The van der Waals surface area contributed by atoms with E-state index < -0.39 is 0 Å². The monoisotopic (exact) mass is 345 g/mol. The quantitative estimate of drug-likeness (QED) is 0.761. The summed E-state index contributed by atoms with van der Waals surface area (Å²) in [6.07, 6.45) is 1.35. The zero-order valence-corrected chi connectivity index (χ0v) is 12.5. The van der Waals surface area contributed by atoms with Crippen molar-refractivity contribution >= 4 is 32.7 Å². The van der Waals surface area contributed by atoms with E-state index in [9.17, 15) is 5.11 Å². The van der Waals surface area contributed by atoms with Crippen molar-refractivity contribution in [2.45, 2.75) is 6.61 Å². The molecule has 1 aromatic heterocycles. The van der Waals surface area contributed by atoms with Gasteiger partial charge >= 0.3 is 0 Å². The molecule has 0 aliphatic heterocycles. The second-order valence-electron chi connectivity index (χ2n) is 4.46. The highest BCUT2D eigenvalue weighted by atomic mass is 79.9. The van der Waals surface area contributed by atoms with E-state index in [1.807, 2.05) is 30.3 Å². The highest BCUT2D eigenvalue weighted by Crippen LogP contribution is 2.39. The van der Waals surface area contributed by atoms with Gasteiger partial charge in [-0.2, -0.15) is 0 Å². The van der Waals surface area contributed by atoms with Gasteiger partial charge in [0.2, 0.25) is 0 Å². The fourth-order valence-electron chi connectivity index (χ4n) is 2.03. The lowest BCUT2D eigenvalue weighted by atomic mass is 10.2. The average molecular weight is 346 g/mol. The first-order chi connectivity index (χ1) is 10.2. The van der Waals surface area contributed by atoms with E-state index in [1.165, 1.54) is 12.4 Å². The van der Waals surface area contributed by atoms with Crippen LogP contribution in [0.3, 0.4) is 0 Å².